The van der Waals surface area contributed by atoms with E-state index >= 15 is 13.2 Å². The highest BCUT2D eigenvalue weighted by Gasteiger charge is 2.52. The third-order valence-corrected chi connectivity index (χ3v) is 11.5. The lowest BCUT2D eigenvalue weighted by Crippen LogP contribution is -2.36. The number of amides is 2. The summed E-state index contributed by atoms with van der Waals surface area (Å²) in [4.78, 5) is 58.8. The number of carbonyl (C=O) groups is 2. The normalized spacial score (nSPS) is 12.2. The Kier molecular flexibility index (Phi) is 15.2. The summed E-state index contributed by atoms with van der Waals surface area (Å²) in [5.74, 6) is -14.2. The largest absolute Gasteiger partial charge is 0.501 e. The van der Waals surface area contributed by atoms with E-state index < -0.39 is 93.5 Å². The van der Waals surface area contributed by atoms with Crippen LogP contribution >= 0.6 is 0 Å². The van der Waals surface area contributed by atoms with E-state index in [1.165, 1.54) is 48.5 Å². The number of hydrogen-bond donors (Lipinski definition) is 4. The first-order valence-corrected chi connectivity index (χ1v) is 21.5. The molecule has 8 rings (SSSR count). The molecule has 0 spiro atoms. The quantitative estimate of drug-likeness (QED) is 0.0842. The molecule has 24 heteroatoms. The van der Waals surface area contributed by atoms with Crippen LogP contribution < -0.4 is 21.8 Å². The molecule has 0 aliphatic heterocycles. The molecule has 0 radical (unpaired) electrons. The molecule has 4 heterocycles. The maximum atomic E-state index is 15.0. The van der Waals surface area contributed by atoms with Gasteiger partial charge >= 0.3 is 12.4 Å². The summed E-state index contributed by atoms with van der Waals surface area (Å²) >= 11 is 0. The molecule has 2 atom stereocenters. The second kappa shape index (κ2) is 21.7. The lowest BCUT2D eigenvalue weighted by atomic mass is 9.76. The zero-order chi connectivity index (χ0) is 53.5. The maximum absolute atomic E-state index is 15.0. The van der Waals surface area contributed by atoms with E-state index in [1.807, 2.05) is 12.1 Å². The number of halogens is 6. The van der Waals surface area contributed by atoms with Gasteiger partial charge in [-0.05, 0) is 34.4 Å². The molecule has 4 aromatic carbocycles. The number of anilines is 2. The number of nitriles is 2. The summed E-state index contributed by atoms with van der Waals surface area (Å²) in [6.07, 6.45) is -5.70. The molecule has 0 bridgehead atoms. The number of rotatable bonds is 12. The summed E-state index contributed by atoms with van der Waals surface area (Å²) in [6, 6.07) is 30.8. The molecule has 376 valence electrons. The van der Waals surface area contributed by atoms with Crippen molar-refractivity contribution < 1.29 is 55.2 Å². The van der Waals surface area contributed by atoms with Crippen molar-refractivity contribution in [3.8, 4) is 23.6 Å². The zero-order valence-electron chi connectivity index (χ0n) is 38.2. The highest BCUT2D eigenvalue weighted by atomic mass is 19.4. The van der Waals surface area contributed by atoms with Gasteiger partial charge in [0.2, 0.25) is 11.5 Å². The summed E-state index contributed by atoms with van der Waals surface area (Å²) in [7, 11) is 2.03. The predicted molar refractivity (Wildman–Crippen MR) is 248 cm³/mol. The Bertz CT molecular complexity index is 3420. The molecular formula is C50H36F6N10O8. The zero-order valence-corrected chi connectivity index (χ0v) is 38.2. The molecule has 74 heavy (non-hydrogen) atoms. The predicted octanol–water partition coefficient (Wildman–Crippen LogP) is 8.15. The molecule has 0 saturated carbocycles. The molecule has 0 aliphatic rings. The Morgan fingerprint density at radius 2 is 0.932 bits per heavy atom. The van der Waals surface area contributed by atoms with Crippen molar-refractivity contribution in [2.75, 3.05) is 10.6 Å². The summed E-state index contributed by atoms with van der Waals surface area (Å²) in [6.45, 7) is 0. The van der Waals surface area contributed by atoms with Crippen molar-refractivity contribution in [1.29, 1.82) is 10.5 Å². The molecule has 0 fully saturated rings. The van der Waals surface area contributed by atoms with E-state index in [0.29, 0.717) is 20.3 Å². The van der Waals surface area contributed by atoms with Crippen molar-refractivity contribution in [1.82, 2.24) is 29.4 Å². The van der Waals surface area contributed by atoms with Crippen molar-refractivity contribution in [2.45, 2.75) is 36.0 Å². The van der Waals surface area contributed by atoms with Gasteiger partial charge in [0.05, 0.1) is 35.7 Å². The van der Waals surface area contributed by atoms with Gasteiger partial charge < -0.3 is 29.9 Å². The molecule has 2 unspecified atom stereocenters. The van der Waals surface area contributed by atoms with E-state index in [9.17, 15) is 53.1 Å². The first-order valence-electron chi connectivity index (χ1n) is 21.5. The molecule has 8 aromatic rings. The van der Waals surface area contributed by atoms with Crippen LogP contribution in [0.25, 0.3) is 0 Å². The number of benzene rings is 4. The molecule has 4 aromatic heterocycles. The molecule has 18 nitrogen and oxygen atoms in total. The Morgan fingerprint density at radius 3 is 1.27 bits per heavy atom. The standard InChI is InChI=1S/C26H17F3N6O4.C24H19F3N4O4/c1-35-23(34-21(22(36)25(35)38)24(37)33-16-12-32-39-13-16)20(26(27,28)29)19(17-8-4-2-6-14(17)10-30)18-9-5-3-7-15(18)11-31;1-31-21(30-19(20(32)23(31)34)22(33)29-16-12-28-35-13-16)18(24(25,26)27)17(14-8-4-2-5-9-14)15-10-6-3-7-11-15/h2-9,12-13,19-20,36H,1H3,(H,33,37);2-13,17-18,32H,1H3,(H,29,33). The number of nitrogens with zero attached hydrogens (tertiary/aromatic N) is 8. The van der Waals surface area contributed by atoms with Crippen molar-refractivity contribution in [2.24, 2.45) is 14.1 Å². The van der Waals surface area contributed by atoms with Gasteiger partial charge in [0.15, 0.2) is 11.4 Å². The SMILES string of the molecule is Cn1c(C(C(c2ccccc2)c2ccccc2)C(F)(F)F)nc(C(=O)Nc2cnoc2)c(O)c1=O.Cn1c(C(C(c2ccccc2C#N)c2ccccc2C#N)C(F)(F)F)nc(C(=O)Nc2cnoc2)c(O)c1=O. The number of nitrogens with one attached hydrogen (secondary N) is 2. The van der Waals surface area contributed by atoms with Gasteiger partial charge in [0.1, 0.15) is 47.4 Å². The van der Waals surface area contributed by atoms with Crippen molar-refractivity contribution in [3.63, 3.8) is 0 Å². The van der Waals surface area contributed by atoms with Gasteiger partial charge in [0.25, 0.3) is 22.9 Å². The molecule has 0 aliphatic carbocycles. The Morgan fingerprint density at radius 1 is 0.581 bits per heavy atom. The number of aromatic hydroxyl groups is 2. The van der Waals surface area contributed by atoms with Crippen LogP contribution in [0.3, 0.4) is 0 Å². The van der Waals surface area contributed by atoms with Crippen molar-refractivity contribution >= 4 is 23.2 Å². The Hall–Kier alpha value is -9.84. The summed E-state index contributed by atoms with van der Waals surface area (Å²) in [5.41, 5.74) is -3.95. The van der Waals surface area contributed by atoms with Crippen LogP contribution in [-0.4, -0.2) is 63.8 Å². The minimum absolute atomic E-state index is 0.000398. The van der Waals surface area contributed by atoms with E-state index in [-0.39, 0.29) is 33.6 Å². The van der Waals surface area contributed by atoms with Crippen LogP contribution in [0.5, 0.6) is 11.5 Å². The highest BCUT2D eigenvalue weighted by Crippen LogP contribution is 2.50. The van der Waals surface area contributed by atoms with Gasteiger partial charge in [0, 0.05) is 25.9 Å². The third-order valence-electron chi connectivity index (χ3n) is 11.5. The first-order chi connectivity index (χ1) is 35.3. The Labute approximate surface area is 413 Å². The monoisotopic (exact) mass is 1020 g/mol. The van der Waals surface area contributed by atoms with Crippen LogP contribution in [0.4, 0.5) is 37.7 Å². The fourth-order valence-corrected chi connectivity index (χ4v) is 8.13. The van der Waals surface area contributed by atoms with Gasteiger partial charge in [-0.3, -0.25) is 28.3 Å². The summed E-state index contributed by atoms with van der Waals surface area (Å²) < 4.78 is 99.6. The first kappa shape index (κ1) is 52.0. The number of hydrogen-bond acceptors (Lipinski definition) is 14. The highest BCUT2D eigenvalue weighted by molar-refractivity contribution is 6.05. The fraction of sp³-hybridized carbons (Fsp3) is 0.160. The van der Waals surface area contributed by atoms with Gasteiger partial charge in [-0.25, -0.2) is 9.97 Å². The lowest BCUT2D eigenvalue weighted by molar-refractivity contribution is -0.156. The summed E-state index contributed by atoms with van der Waals surface area (Å²) in [5, 5.41) is 51.3. The van der Waals surface area contributed by atoms with E-state index in [2.05, 4.69) is 40.0 Å². The lowest BCUT2D eigenvalue weighted by Gasteiger charge is -2.31. The second-order valence-corrected chi connectivity index (χ2v) is 16.0. The van der Waals surface area contributed by atoms with Crippen LogP contribution in [0.2, 0.25) is 0 Å². The molecule has 4 N–H and O–H groups in total. The molecule has 2 amide bonds. The number of carbonyl (C=O) groups excluding carboxylic acids is 2. The van der Waals surface area contributed by atoms with Gasteiger partial charge in [-0.1, -0.05) is 107 Å². The third kappa shape index (κ3) is 10.9. The van der Waals surface area contributed by atoms with Crippen LogP contribution in [0, 0.1) is 22.7 Å². The average molecular weight is 1020 g/mol. The minimum Gasteiger partial charge on any atom is -0.501 e. The molecular weight excluding hydrogens is 983 g/mol. The van der Waals surface area contributed by atoms with E-state index in [1.54, 1.807) is 60.7 Å². The maximum Gasteiger partial charge on any atom is 0.399 e. The average Bonchev–Trinajstić information content (AvgIpc) is 4.11. The van der Waals surface area contributed by atoms with Crippen LogP contribution in [0.1, 0.15) is 89.7 Å². The smallest absolute Gasteiger partial charge is 0.399 e. The molecule has 0 saturated heterocycles. The number of aromatic nitrogens is 6. The van der Waals surface area contributed by atoms with Crippen LogP contribution in [-0.2, 0) is 14.1 Å². The van der Waals surface area contributed by atoms with Crippen molar-refractivity contribution in [3.05, 3.63) is 211 Å². The minimum atomic E-state index is -5.12. The van der Waals surface area contributed by atoms with Crippen LogP contribution in [0.15, 0.2) is 153 Å². The topological polar surface area (TPSA) is 268 Å². The van der Waals surface area contributed by atoms with Gasteiger partial charge in [-0.2, -0.15) is 36.9 Å². The van der Waals surface area contributed by atoms with E-state index in [0.717, 1.165) is 39.0 Å². The second-order valence-electron chi connectivity index (χ2n) is 16.0. The Balaban J connectivity index is 0.000000217. The number of alkyl halides is 6. The van der Waals surface area contributed by atoms with Gasteiger partial charge in [-0.15, -0.1) is 0 Å². The van der Waals surface area contributed by atoms with E-state index in [4.69, 9.17) is 0 Å². The fourth-order valence-electron chi connectivity index (χ4n) is 8.13.